The van der Waals surface area contributed by atoms with Gasteiger partial charge in [-0.05, 0) is 37.0 Å². The predicted octanol–water partition coefficient (Wildman–Crippen LogP) is 4.02. The number of carbonyl (C=O) groups is 1. The van der Waals surface area contributed by atoms with E-state index in [0.717, 1.165) is 12.0 Å². The van der Waals surface area contributed by atoms with Crippen LogP contribution in [0.2, 0.25) is 5.02 Å². The van der Waals surface area contributed by atoms with E-state index in [2.05, 4.69) is 19.2 Å². The van der Waals surface area contributed by atoms with Crippen LogP contribution in [0.5, 0.6) is 0 Å². The van der Waals surface area contributed by atoms with Crippen LogP contribution in [0.3, 0.4) is 0 Å². The molecule has 0 aromatic heterocycles. The Morgan fingerprint density at radius 2 is 2.12 bits per heavy atom. The Morgan fingerprint density at radius 3 is 2.69 bits per heavy atom. The molecule has 1 amide bonds. The Kier molecular flexibility index (Phi) is 4.81. The number of halogens is 1. The summed E-state index contributed by atoms with van der Waals surface area (Å²) in [6.07, 6.45) is 1.44. The van der Waals surface area contributed by atoms with Crippen molar-refractivity contribution in [1.82, 2.24) is 0 Å². The third kappa shape index (κ3) is 4.23. The molecule has 0 radical (unpaired) electrons. The Balaban J connectivity index is 2.56. The molecular weight excluding hydrogens is 222 g/mol. The molecule has 0 aliphatic heterocycles. The molecule has 1 N–H and O–H groups in total. The first-order valence-electron chi connectivity index (χ1n) is 5.55. The fraction of sp³-hybridized carbons (Fsp3) is 0.462. The molecule has 0 saturated carbocycles. The van der Waals surface area contributed by atoms with Crippen molar-refractivity contribution in [3.63, 3.8) is 0 Å². The van der Waals surface area contributed by atoms with Crippen molar-refractivity contribution < 1.29 is 4.79 Å². The van der Waals surface area contributed by atoms with Crippen LogP contribution in [0.4, 0.5) is 5.69 Å². The van der Waals surface area contributed by atoms with E-state index in [1.54, 1.807) is 0 Å². The zero-order valence-electron chi connectivity index (χ0n) is 10.0. The van der Waals surface area contributed by atoms with Crippen LogP contribution in [0.25, 0.3) is 0 Å². The van der Waals surface area contributed by atoms with Crippen molar-refractivity contribution in [2.75, 3.05) is 5.32 Å². The molecule has 0 spiro atoms. The minimum Gasteiger partial charge on any atom is -0.325 e. The number of benzene rings is 1. The summed E-state index contributed by atoms with van der Waals surface area (Å²) in [5.41, 5.74) is 1.78. The molecule has 3 heteroatoms. The molecule has 0 fully saturated rings. The Bertz CT molecular complexity index is 374. The molecule has 0 unspecified atom stereocenters. The molecule has 2 nitrogen and oxygen atoms in total. The second kappa shape index (κ2) is 5.90. The van der Waals surface area contributed by atoms with Gasteiger partial charge in [0, 0.05) is 6.42 Å². The van der Waals surface area contributed by atoms with Gasteiger partial charge in [0.2, 0.25) is 5.91 Å². The Morgan fingerprint density at radius 1 is 1.44 bits per heavy atom. The van der Waals surface area contributed by atoms with Gasteiger partial charge in [-0.1, -0.05) is 31.5 Å². The van der Waals surface area contributed by atoms with Crippen LogP contribution in [0.1, 0.15) is 32.3 Å². The number of amides is 1. The first-order chi connectivity index (χ1) is 7.49. The van der Waals surface area contributed by atoms with Gasteiger partial charge in [-0.25, -0.2) is 0 Å². The van der Waals surface area contributed by atoms with E-state index in [1.165, 1.54) is 0 Å². The molecule has 1 aromatic rings. The van der Waals surface area contributed by atoms with E-state index in [-0.39, 0.29) is 5.91 Å². The molecule has 16 heavy (non-hydrogen) atoms. The van der Waals surface area contributed by atoms with Crippen LogP contribution in [-0.2, 0) is 4.79 Å². The van der Waals surface area contributed by atoms with E-state index in [0.29, 0.717) is 23.0 Å². The Labute approximate surface area is 102 Å². The molecule has 88 valence electrons. The zero-order chi connectivity index (χ0) is 12.1. The molecule has 0 bridgehead atoms. The van der Waals surface area contributed by atoms with E-state index < -0.39 is 0 Å². The van der Waals surface area contributed by atoms with Crippen LogP contribution in [-0.4, -0.2) is 5.91 Å². The maximum Gasteiger partial charge on any atom is 0.224 e. The molecule has 1 rings (SSSR count). The van der Waals surface area contributed by atoms with Crippen molar-refractivity contribution in [3.05, 3.63) is 28.8 Å². The first-order valence-corrected chi connectivity index (χ1v) is 5.93. The van der Waals surface area contributed by atoms with Gasteiger partial charge in [0.05, 0.1) is 10.7 Å². The van der Waals surface area contributed by atoms with Crippen molar-refractivity contribution in [2.24, 2.45) is 5.92 Å². The summed E-state index contributed by atoms with van der Waals surface area (Å²) in [5.74, 6) is 0.568. The predicted molar refractivity (Wildman–Crippen MR) is 68.9 cm³/mol. The number of carbonyl (C=O) groups excluding carboxylic acids is 1. The topological polar surface area (TPSA) is 29.1 Å². The summed E-state index contributed by atoms with van der Waals surface area (Å²) < 4.78 is 0. The zero-order valence-corrected chi connectivity index (χ0v) is 10.8. The molecule has 0 saturated heterocycles. The van der Waals surface area contributed by atoms with E-state index in [1.807, 2.05) is 25.1 Å². The first kappa shape index (κ1) is 13.0. The van der Waals surface area contributed by atoms with Gasteiger partial charge >= 0.3 is 0 Å². The van der Waals surface area contributed by atoms with Crippen LogP contribution in [0, 0.1) is 12.8 Å². The van der Waals surface area contributed by atoms with E-state index in [9.17, 15) is 4.79 Å². The highest BCUT2D eigenvalue weighted by Gasteiger charge is 2.06. The van der Waals surface area contributed by atoms with Gasteiger partial charge in [0.25, 0.3) is 0 Å². The third-order valence-electron chi connectivity index (χ3n) is 2.35. The summed E-state index contributed by atoms with van der Waals surface area (Å²) in [6, 6.07) is 5.62. The summed E-state index contributed by atoms with van der Waals surface area (Å²) in [7, 11) is 0. The molecular formula is C13H18ClNO. The van der Waals surface area contributed by atoms with Crippen LogP contribution in [0.15, 0.2) is 18.2 Å². The van der Waals surface area contributed by atoms with Gasteiger partial charge in [-0.2, -0.15) is 0 Å². The normalized spacial score (nSPS) is 10.6. The monoisotopic (exact) mass is 239 g/mol. The number of nitrogens with one attached hydrogen (secondary N) is 1. The minimum atomic E-state index is 0.0273. The maximum absolute atomic E-state index is 11.6. The number of rotatable bonds is 4. The van der Waals surface area contributed by atoms with Crippen molar-refractivity contribution in [1.29, 1.82) is 0 Å². The molecule has 0 heterocycles. The highest BCUT2D eigenvalue weighted by molar-refractivity contribution is 6.33. The van der Waals surface area contributed by atoms with Gasteiger partial charge < -0.3 is 5.32 Å². The highest BCUT2D eigenvalue weighted by Crippen LogP contribution is 2.23. The third-order valence-corrected chi connectivity index (χ3v) is 2.66. The lowest BCUT2D eigenvalue weighted by molar-refractivity contribution is -0.116. The molecule has 0 aliphatic rings. The Hall–Kier alpha value is -1.02. The number of hydrogen-bond donors (Lipinski definition) is 1. The lowest BCUT2D eigenvalue weighted by atomic mass is 10.1. The second-order valence-corrected chi connectivity index (χ2v) is 4.87. The SMILES string of the molecule is Cc1ccc(NC(=O)CCC(C)C)c(Cl)c1. The van der Waals surface area contributed by atoms with Gasteiger partial charge in [-0.15, -0.1) is 0 Å². The summed E-state index contributed by atoms with van der Waals surface area (Å²) in [6.45, 7) is 6.18. The minimum absolute atomic E-state index is 0.0273. The van der Waals surface area contributed by atoms with Crippen LogP contribution >= 0.6 is 11.6 Å². The number of aryl methyl sites for hydroxylation is 1. The van der Waals surface area contributed by atoms with Gasteiger partial charge in [-0.3, -0.25) is 4.79 Å². The number of hydrogen-bond acceptors (Lipinski definition) is 1. The summed E-state index contributed by atoms with van der Waals surface area (Å²) in [4.78, 5) is 11.6. The largest absolute Gasteiger partial charge is 0.325 e. The summed E-state index contributed by atoms with van der Waals surface area (Å²) in [5, 5.41) is 3.42. The van der Waals surface area contributed by atoms with Crippen molar-refractivity contribution >= 4 is 23.2 Å². The van der Waals surface area contributed by atoms with Crippen LogP contribution < -0.4 is 5.32 Å². The van der Waals surface area contributed by atoms with Crippen molar-refractivity contribution in [3.8, 4) is 0 Å². The fourth-order valence-corrected chi connectivity index (χ4v) is 1.64. The quantitative estimate of drug-likeness (QED) is 0.845. The fourth-order valence-electron chi connectivity index (χ4n) is 1.35. The van der Waals surface area contributed by atoms with Crippen molar-refractivity contribution in [2.45, 2.75) is 33.6 Å². The van der Waals surface area contributed by atoms with E-state index in [4.69, 9.17) is 11.6 Å². The highest BCUT2D eigenvalue weighted by atomic mass is 35.5. The average molecular weight is 240 g/mol. The van der Waals surface area contributed by atoms with Gasteiger partial charge in [0.1, 0.15) is 0 Å². The molecule has 1 aromatic carbocycles. The smallest absolute Gasteiger partial charge is 0.224 e. The average Bonchev–Trinajstić information content (AvgIpc) is 2.19. The molecule has 0 atom stereocenters. The van der Waals surface area contributed by atoms with Gasteiger partial charge in [0.15, 0.2) is 0 Å². The van der Waals surface area contributed by atoms with E-state index >= 15 is 0 Å². The lowest BCUT2D eigenvalue weighted by Crippen LogP contribution is -2.12. The summed E-state index contributed by atoms with van der Waals surface area (Å²) >= 11 is 6.02. The molecule has 0 aliphatic carbocycles. The number of anilines is 1. The lowest BCUT2D eigenvalue weighted by Gasteiger charge is -2.08. The maximum atomic E-state index is 11.6. The second-order valence-electron chi connectivity index (χ2n) is 4.46. The standard InChI is InChI=1S/C13H18ClNO/c1-9(2)4-7-13(16)15-12-6-5-10(3)8-11(12)14/h5-6,8-9H,4,7H2,1-3H3,(H,15,16).